The monoisotopic (exact) mass is 473 g/mol. The number of morpholine rings is 1. The van der Waals surface area contributed by atoms with Crippen molar-refractivity contribution in [3.63, 3.8) is 0 Å². The average molecular weight is 474 g/mol. The van der Waals surface area contributed by atoms with Crippen LogP contribution in [-0.2, 0) is 20.9 Å². The standard InChI is InChI=1S/C27H36ClNO4/c1-19(2)22-7-6-8-24(28)23(22)18-32-21-11-9-20(10-12-21)25-17-29(15-16-31-25)14-13-26(30)33-27(3,4)5/h6-12,19,25H,13-18H2,1-5H3. The van der Waals surface area contributed by atoms with E-state index in [2.05, 4.69) is 24.8 Å². The molecular weight excluding hydrogens is 438 g/mol. The second-order valence-corrected chi connectivity index (χ2v) is 10.2. The minimum absolute atomic E-state index is 0.0254. The highest BCUT2D eigenvalue weighted by Crippen LogP contribution is 2.29. The van der Waals surface area contributed by atoms with Gasteiger partial charge in [-0.3, -0.25) is 9.69 Å². The van der Waals surface area contributed by atoms with Crippen LogP contribution in [0.25, 0.3) is 0 Å². The van der Waals surface area contributed by atoms with Gasteiger partial charge in [-0.1, -0.05) is 49.7 Å². The Morgan fingerprint density at radius 3 is 2.58 bits per heavy atom. The molecule has 1 unspecified atom stereocenters. The third-order valence-electron chi connectivity index (χ3n) is 5.61. The van der Waals surface area contributed by atoms with Gasteiger partial charge in [-0.05, 0) is 56.0 Å². The molecule has 1 atom stereocenters. The first-order valence-electron chi connectivity index (χ1n) is 11.7. The van der Waals surface area contributed by atoms with E-state index in [1.54, 1.807) is 0 Å². The molecule has 1 heterocycles. The fourth-order valence-electron chi connectivity index (χ4n) is 3.95. The van der Waals surface area contributed by atoms with Crippen molar-refractivity contribution >= 4 is 17.6 Å². The molecule has 0 radical (unpaired) electrons. The smallest absolute Gasteiger partial charge is 0.307 e. The predicted molar refractivity (Wildman–Crippen MR) is 132 cm³/mol. The molecule has 0 amide bonds. The maximum absolute atomic E-state index is 12.0. The number of nitrogens with zero attached hydrogens (tertiary/aromatic N) is 1. The summed E-state index contributed by atoms with van der Waals surface area (Å²) in [4.78, 5) is 14.3. The van der Waals surface area contributed by atoms with Crippen LogP contribution in [0, 0.1) is 0 Å². The van der Waals surface area contributed by atoms with Crippen molar-refractivity contribution in [3.05, 3.63) is 64.2 Å². The SMILES string of the molecule is CC(C)c1cccc(Cl)c1COc1ccc(C2CN(CCC(=O)OC(C)(C)C)CCO2)cc1. The quantitative estimate of drug-likeness (QED) is 0.430. The molecule has 2 aromatic rings. The summed E-state index contributed by atoms with van der Waals surface area (Å²) in [5.41, 5.74) is 2.90. The molecule has 0 saturated carbocycles. The van der Waals surface area contributed by atoms with Gasteiger partial charge in [-0.2, -0.15) is 0 Å². The third kappa shape index (κ3) is 7.73. The lowest BCUT2D eigenvalue weighted by atomic mass is 9.97. The number of esters is 1. The van der Waals surface area contributed by atoms with Crippen molar-refractivity contribution in [2.24, 2.45) is 0 Å². The van der Waals surface area contributed by atoms with Crippen LogP contribution in [0.2, 0.25) is 5.02 Å². The summed E-state index contributed by atoms with van der Waals surface area (Å²) in [5, 5.41) is 0.736. The van der Waals surface area contributed by atoms with E-state index in [1.165, 1.54) is 5.56 Å². The minimum atomic E-state index is -0.448. The first kappa shape index (κ1) is 25.5. The Morgan fingerprint density at radius 2 is 1.91 bits per heavy atom. The number of carbonyl (C=O) groups excluding carboxylic acids is 1. The van der Waals surface area contributed by atoms with Crippen molar-refractivity contribution in [1.29, 1.82) is 0 Å². The van der Waals surface area contributed by atoms with Crippen LogP contribution < -0.4 is 4.74 Å². The largest absolute Gasteiger partial charge is 0.489 e. The molecule has 5 nitrogen and oxygen atoms in total. The zero-order chi connectivity index (χ0) is 24.0. The lowest BCUT2D eigenvalue weighted by Gasteiger charge is -2.33. The summed E-state index contributed by atoms with van der Waals surface area (Å²) in [6, 6.07) is 14.0. The summed E-state index contributed by atoms with van der Waals surface area (Å²) in [7, 11) is 0. The minimum Gasteiger partial charge on any atom is -0.489 e. The number of hydrogen-bond acceptors (Lipinski definition) is 5. The molecule has 0 spiro atoms. The first-order chi connectivity index (χ1) is 15.6. The van der Waals surface area contributed by atoms with Crippen molar-refractivity contribution in [2.75, 3.05) is 26.2 Å². The number of benzene rings is 2. The molecule has 0 bridgehead atoms. The number of carbonyl (C=O) groups is 1. The topological polar surface area (TPSA) is 48.0 Å². The Morgan fingerprint density at radius 1 is 1.18 bits per heavy atom. The highest BCUT2D eigenvalue weighted by molar-refractivity contribution is 6.31. The first-order valence-corrected chi connectivity index (χ1v) is 12.1. The Kier molecular flexibility index (Phi) is 8.80. The molecule has 1 saturated heterocycles. The van der Waals surface area contributed by atoms with E-state index in [0.29, 0.717) is 32.1 Å². The third-order valence-corrected chi connectivity index (χ3v) is 5.97. The molecule has 0 N–H and O–H groups in total. The van der Waals surface area contributed by atoms with Crippen molar-refractivity contribution in [2.45, 2.75) is 65.3 Å². The van der Waals surface area contributed by atoms with Gasteiger partial charge in [0.2, 0.25) is 0 Å². The molecule has 3 rings (SSSR count). The van der Waals surface area contributed by atoms with Gasteiger partial charge in [0, 0.05) is 30.2 Å². The van der Waals surface area contributed by atoms with Gasteiger partial charge in [0.25, 0.3) is 0 Å². The molecule has 180 valence electrons. The highest BCUT2D eigenvalue weighted by atomic mass is 35.5. The number of ether oxygens (including phenoxy) is 3. The van der Waals surface area contributed by atoms with Gasteiger partial charge in [0.05, 0.1) is 19.1 Å². The molecule has 6 heteroatoms. The van der Waals surface area contributed by atoms with Crippen molar-refractivity contribution in [1.82, 2.24) is 4.90 Å². The summed E-state index contributed by atoms with van der Waals surface area (Å²) in [5.74, 6) is 1.02. The van der Waals surface area contributed by atoms with E-state index in [4.69, 9.17) is 25.8 Å². The fraction of sp³-hybridized carbons (Fsp3) is 0.519. The van der Waals surface area contributed by atoms with Crippen LogP contribution in [0.3, 0.4) is 0 Å². The Hall–Kier alpha value is -2.08. The summed E-state index contributed by atoms with van der Waals surface area (Å²) < 4.78 is 17.5. The zero-order valence-corrected chi connectivity index (χ0v) is 21.2. The van der Waals surface area contributed by atoms with E-state index >= 15 is 0 Å². The molecule has 0 aliphatic carbocycles. The lowest BCUT2D eigenvalue weighted by Crippen LogP contribution is -2.39. The van der Waals surface area contributed by atoms with Crippen LogP contribution in [0.5, 0.6) is 5.75 Å². The molecule has 0 aromatic heterocycles. The Bertz CT molecular complexity index is 921. The molecular formula is C27H36ClNO4. The fourth-order valence-corrected chi connectivity index (χ4v) is 4.19. The Balaban J connectivity index is 1.54. The van der Waals surface area contributed by atoms with Crippen LogP contribution in [-0.4, -0.2) is 42.7 Å². The van der Waals surface area contributed by atoms with Crippen LogP contribution >= 0.6 is 11.6 Å². The van der Waals surface area contributed by atoms with Crippen LogP contribution in [0.15, 0.2) is 42.5 Å². The summed E-state index contributed by atoms with van der Waals surface area (Å²) in [6.45, 7) is 13.3. The predicted octanol–water partition coefficient (Wildman–Crippen LogP) is 6.15. The van der Waals surface area contributed by atoms with Gasteiger partial charge in [-0.15, -0.1) is 0 Å². The maximum atomic E-state index is 12.0. The number of rotatable bonds is 8. The van der Waals surface area contributed by atoms with Gasteiger partial charge >= 0.3 is 5.97 Å². The average Bonchev–Trinajstić information content (AvgIpc) is 2.76. The van der Waals surface area contributed by atoms with E-state index in [0.717, 1.165) is 35.0 Å². The van der Waals surface area contributed by atoms with Crippen molar-refractivity contribution in [3.8, 4) is 5.75 Å². The second-order valence-electron chi connectivity index (χ2n) is 9.82. The molecule has 1 aliphatic heterocycles. The molecule has 2 aromatic carbocycles. The highest BCUT2D eigenvalue weighted by Gasteiger charge is 2.23. The van der Waals surface area contributed by atoms with Crippen molar-refractivity contribution < 1.29 is 19.0 Å². The summed E-state index contributed by atoms with van der Waals surface area (Å²) in [6.07, 6.45) is 0.361. The number of hydrogen-bond donors (Lipinski definition) is 0. The lowest BCUT2D eigenvalue weighted by molar-refractivity contribution is -0.155. The zero-order valence-electron chi connectivity index (χ0n) is 20.4. The molecule has 1 fully saturated rings. The van der Waals surface area contributed by atoms with Gasteiger partial charge in [0.15, 0.2) is 0 Å². The number of halogens is 1. The van der Waals surface area contributed by atoms with E-state index in [1.807, 2.05) is 57.2 Å². The summed E-state index contributed by atoms with van der Waals surface area (Å²) >= 11 is 6.43. The molecule has 33 heavy (non-hydrogen) atoms. The van der Waals surface area contributed by atoms with Crippen LogP contribution in [0.1, 0.15) is 69.8 Å². The van der Waals surface area contributed by atoms with E-state index < -0.39 is 5.60 Å². The van der Waals surface area contributed by atoms with Crippen LogP contribution in [0.4, 0.5) is 0 Å². The maximum Gasteiger partial charge on any atom is 0.307 e. The normalized spacial score (nSPS) is 17.2. The molecule has 1 aliphatic rings. The van der Waals surface area contributed by atoms with Gasteiger partial charge in [0.1, 0.15) is 18.0 Å². The Labute approximate surface area is 203 Å². The van der Waals surface area contributed by atoms with Gasteiger partial charge < -0.3 is 14.2 Å². The van der Waals surface area contributed by atoms with E-state index in [9.17, 15) is 4.79 Å². The van der Waals surface area contributed by atoms with E-state index in [-0.39, 0.29) is 12.1 Å². The second kappa shape index (κ2) is 11.4. The van der Waals surface area contributed by atoms with Gasteiger partial charge in [-0.25, -0.2) is 0 Å².